The second-order valence-electron chi connectivity index (χ2n) is 4.08. The number of amides is 1. The maximum atomic E-state index is 13.1. The molecule has 0 spiro atoms. The van der Waals surface area contributed by atoms with Crippen molar-refractivity contribution in [2.24, 2.45) is 0 Å². The van der Waals surface area contributed by atoms with Crippen LogP contribution in [0.2, 0.25) is 0 Å². The number of anilines is 1. The predicted molar refractivity (Wildman–Crippen MR) is 61.9 cm³/mol. The lowest BCUT2D eigenvalue weighted by molar-refractivity contribution is -0.118. The molecule has 0 radical (unpaired) electrons. The van der Waals surface area contributed by atoms with E-state index in [9.17, 15) is 9.18 Å². The van der Waals surface area contributed by atoms with Crippen molar-refractivity contribution in [1.29, 1.82) is 5.26 Å². The van der Waals surface area contributed by atoms with Gasteiger partial charge in [-0.2, -0.15) is 5.26 Å². The number of unbranched alkanes of at least 4 members (excludes halogenated alkanes) is 1. The van der Waals surface area contributed by atoms with E-state index >= 15 is 0 Å². The highest BCUT2D eigenvalue weighted by Crippen LogP contribution is 2.28. The van der Waals surface area contributed by atoms with Crippen LogP contribution in [0.1, 0.15) is 24.8 Å². The summed E-state index contributed by atoms with van der Waals surface area (Å²) < 4.78 is 13.1. The minimum atomic E-state index is -0.268. The van der Waals surface area contributed by atoms with Gasteiger partial charge in [-0.3, -0.25) is 4.79 Å². The van der Waals surface area contributed by atoms with Crippen LogP contribution in [0.3, 0.4) is 0 Å². The third-order valence-corrected chi connectivity index (χ3v) is 2.91. The van der Waals surface area contributed by atoms with Crippen LogP contribution in [0.5, 0.6) is 0 Å². The lowest BCUT2D eigenvalue weighted by atomic mass is 10.0. The van der Waals surface area contributed by atoms with Gasteiger partial charge in [0.25, 0.3) is 0 Å². The highest BCUT2D eigenvalue weighted by Gasteiger charge is 2.23. The number of nitriles is 1. The third-order valence-electron chi connectivity index (χ3n) is 2.91. The number of benzene rings is 1. The molecule has 1 aromatic rings. The first-order valence-corrected chi connectivity index (χ1v) is 5.68. The van der Waals surface area contributed by atoms with Gasteiger partial charge < -0.3 is 4.90 Å². The lowest BCUT2D eigenvalue weighted by Crippen LogP contribution is -2.35. The number of rotatable bonds is 3. The van der Waals surface area contributed by atoms with Gasteiger partial charge in [0.1, 0.15) is 5.82 Å². The first kappa shape index (κ1) is 11.6. The Balaban J connectivity index is 2.21. The SMILES string of the molecule is N#CCCCN1C(=O)CCc2cc(F)ccc21. The molecule has 4 heteroatoms. The summed E-state index contributed by atoms with van der Waals surface area (Å²) >= 11 is 0. The number of carbonyl (C=O) groups is 1. The predicted octanol–water partition coefficient (Wildman–Crippen LogP) is 2.41. The van der Waals surface area contributed by atoms with Gasteiger partial charge in [-0.1, -0.05) is 0 Å². The minimum Gasteiger partial charge on any atom is -0.312 e. The van der Waals surface area contributed by atoms with Crippen molar-refractivity contribution in [3.8, 4) is 6.07 Å². The highest BCUT2D eigenvalue weighted by molar-refractivity contribution is 5.96. The van der Waals surface area contributed by atoms with Crippen molar-refractivity contribution in [1.82, 2.24) is 0 Å². The van der Waals surface area contributed by atoms with Gasteiger partial charge >= 0.3 is 0 Å². The first-order chi connectivity index (χ1) is 8.22. The van der Waals surface area contributed by atoms with Gasteiger partial charge in [0.15, 0.2) is 0 Å². The average Bonchev–Trinajstić information content (AvgIpc) is 2.32. The minimum absolute atomic E-state index is 0.0575. The molecule has 3 nitrogen and oxygen atoms in total. The fourth-order valence-electron chi connectivity index (χ4n) is 2.09. The molecule has 0 aliphatic carbocycles. The molecule has 1 amide bonds. The standard InChI is InChI=1S/C13H13FN2O/c14-11-4-5-12-10(9-11)3-6-13(17)16(12)8-2-1-7-15/h4-5,9H,1-3,6,8H2. The van der Waals surface area contributed by atoms with Crippen LogP contribution in [0.15, 0.2) is 18.2 Å². The Morgan fingerprint density at radius 1 is 1.41 bits per heavy atom. The van der Waals surface area contributed by atoms with Crippen LogP contribution < -0.4 is 4.90 Å². The lowest BCUT2D eigenvalue weighted by Gasteiger charge is -2.29. The van der Waals surface area contributed by atoms with Crippen molar-refractivity contribution in [2.75, 3.05) is 11.4 Å². The van der Waals surface area contributed by atoms with E-state index in [1.165, 1.54) is 12.1 Å². The number of nitrogens with zero attached hydrogens (tertiary/aromatic N) is 2. The smallest absolute Gasteiger partial charge is 0.227 e. The molecule has 0 unspecified atom stereocenters. The Hall–Kier alpha value is -1.89. The van der Waals surface area contributed by atoms with E-state index in [2.05, 4.69) is 6.07 Å². The molecule has 0 atom stereocenters. The topological polar surface area (TPSA) is 44.1 Å². The van der Waals surface area contributed by atoms with Gasteiger partial charge in [0, 0.05) is 25.1 Å². The molecule has 1 aromatic carbocycles. The number of fused-ring (bicyclic) bond motifs is 1. The van der Waals surface area contributed by atoms with Gasteiger partial charge in [-0.15, -0.1) is 0 Å². The molecule has 2 rings (SSSR count). The van der Waals surface area contributed by atoms with Gasteiger partial charge in [-0.25, -0.2) is 4.39 Å². The molecule has 1 aliphatic heterocycles. The maximum Gasteiger partial charge on any atom is 0.227 e. The molecular weight excluding hydrogens is 219 g/mol. The summed E-state index contributed by atoms with van der Waals surface area (Å²) in [5.41, 5.74) is 1.67. The second kappa shape index (κ2) is 4.96. The van der Waals surface area contributed by atoms with Crippen molar-refractivity contribution < 1.29 is 9.18 Å². The van der Waals surface area contributed by atoms with E-state index in [1.807, 2.05) is 0 Å². The Morgan fingerprint density at radius 3 is 3.00 bits per heavy atom. The Bertz CT molecular complexity index is 479. The van der Waals surface area contributed by atoms with Crippen molar-refractivity contribution >= 4 is 11.6 Å². The maximum absolute atomic E-state index is 13.1. The number of hydrogen-bond acceptors (Lipinski definition) is 2. The normalized spacial score (nSPS) is 14.4. The fourth-order valence-corrected chi connectivity index (χ4v) is 2.09. The van der Waals surface area contributed by atoms with Gasteiger partial charge in [0.2, 0.25) is 5.91 Å². The summed E-state index contributed by atoms with van der Waals surface area (Å²) in [6.07, 6.45) is 2.10. The second-order valence-corrected chi connectivity index (χ2v) is 4.08. The Morgan fingerprint density at radius 2 is 2.24 bits per heavy atom. The monoisotopic (exact) mass is 232 g/mol. The average molecular weight is 232 g/mol. The van der Waals surface area contributed by atoms with Crippen LogP contribution >= 0.6 is 0 Å². The van der Waals surface area contributed by atoms with Crippen LogP contribution in [0, 0.1) is 17.1 Å². The number of halogens is 1. The largest absolute Gasteiger partial charge is 0.312 e. The molecule has 88 valence electrons. The fraction of sp³-hybridized carbons (Fsp3) is 0.385. The van der Waals surface area contributed by atoms with Crippen LogP contribution in [0.25, 0.3) is 0 Å². The zero-order chi connectivity index (χ0) is 12.3. The summed E-state index contributed by atoms with van der Waals surface area (Å²) in [4.78, 5) is 13.4. The molecule has 0 saturated carbocycles. The van der Waals surface area contributed by atoms with E-state index in [0.717, 1.165) is 11.3 Å². The quantitative estimate of drug-likeness (QED) is 0.751. The highest BCUT2D eigenvalue weighted by atomic mass is 19.1. The summed E-state index contributed by atoms with van der Waals surface area (Å²) in [6.45, 7) is 0.533. The van der Waals surface area contributed by atoms with Crippen LogP contribution in [0.4, 0.5) is 10.1 Å². The third kappa shape index (κ3) is 2.44. The van der Waals surface area contributed by atoms with Gasteiger partial charge in [-0.05, 0) is 36.6 Å². The molecular formula is C13H13FN2O. The molecule has 0 saturated heterocycles. The summed E-state index contributed by atoms with van der Waals surface area (Å²) in [5, 5.41) is 8.49. The van der Waals surface area contributed by atoms with E-state index in [4.69, 9.17) is 5.26 Å². The van der Waals surface area contributed by atoms with Crippen molar-refractivity contribution in [3.05, 3.63) is 29.6 Å². The van der Waals surface area contributed by atoms with E-state index in [-0.39, 0.29) is 11.7 Å². The van der Waals surface area contributed by atoms with E-state index < -0.39 is 0 Å². The zero-order valence-corrected chi connectivity index (χ0v) is 9.45. The van der Waals surface area contributed by atoms with Gasteiger partial charge in [0.05, 0.1) is 6.07 Å². The van der Waals surface area contributed by atoms with Crippen molar-refractivity contribution in [3.63, 3.8) is 0 Å². The molecule has 0 bridgehead atoms. The zero-order valence-electron chi connectivity index (χ0n) is 9.45. The molecule has 0 N–H and O–H groups in total. The molecule has 0 fully saturated rings. The van der Waals surface area contributed by atoms with E-state index in [1.54, 1.807) is 11.0 Å². The summed E-state index contributed by atoms with van der Waals surface area (Å²) in [5.74, 6) is -0.211. The summed E-state index contributed by atoms with van der Waals surface area (Å²) in [7, 11) is 0. The van der Waals surface area contributed by atoms with E-state index in [0.29, 0.717) is 32.2 Å². The van der Waals surface area contributed by atoms with Crippen LogP contribution in [-0.4, -0.2) is 12.5 Å². The van der Waals surface area contributed by atoms with Crippen LogP contribution in [-0.2, 0) is 11.2 Å². The number of aryl methyl sites for hydroxylation is 1. The molecule has 1 aliphatic rings. The number of hydrogen-bond donors (Lipinski definition) is 0. The summed E-state index contributed by atoms with van der Waals surface area (Å²) in [6, 6.07) is 6.56. The first-order valence-electron chi connectivity index (χ1n) is 5.68. The number of carbonyl (C=O) groups excluding carboxylic acids is 1. The molecule has 1 heterocycles. The Kier molecular flexibility index (Phi) is 3.38. The molecule has 0 aromatic heterocycles. The Labute approximate surface area is 99.5 Å². The van der Waals surface area contributed by atoms with Crippen molar-refractivity contribution in [2.45, 2.75) is 25.7 Å². The molecule has 17 heavy (non-hydrogen) atoms.